The van der Waals surface area contributed by atoms with E-state index in [0.717, 1.165) is 27.9 Å². The van der Waals surface area contributed by atoms with Crippen LogP contribution in [0.25, 0.3) is 21.7 Å². The molecule has 0 saturated heterocycles. The largest absolute Gasteiger partial charge is 0.244 e. The Hall–Kier alpha value is -2.08. The lowest BCUT2D eigenvalue weighted by Crippen LogP contribution is -2.22. The molecule has 3 rings (SSSR count). The van der Waals surface area contributed by atoms with Crippen molar-refractivity contribution in [2.75, 3.05) is 11.1 Å². The molecule has 18 heavy (non-hydrogen) atoms. The van der Waals surface area contributed by atoms with Gasteiger partial charge in [0.15, 0.2) is 0 Å². The average Bonchev–Trinajstić information content (AvgIpc) is 2.70. The molecule has 0 aliphatic rings. The van der Waals surface area contributed by atoms with E-state index >= 15 is 0 Å². The van der Waals surface area contributed by atoms with E-state index in [1.54, 1.807) is 6.20 Å². The van der Waals surface area contributed by atoms with Gasteiger partial charge in [0.2, 0.25) is 10.0 Å². The van der Waals surface area contributed by atoms with Gasteiger partial charge in [-0.1, -0.05) is 36.4 Å². The Labute approximate surface area is 104 Å². The molecule has 3 aromatic rings. The summed E-state index contributed by atoms with van der Waals surface area (Å²) < 4.78 is 22.6. The molecule has 1 heterocycles. The van der Waals surface area contributed by atoms with Gasteiger partial charge in [-0.25, -0.2) is 13.2 Å². The summed E-state index contributed by atoms with van der Waals surface area (Å²) in [4.78, 5) is 3.67. The molecule has 0 aliphatic heterocycles. The Kier molecular flexibility index (Phi) is 2.27. The van der Waals surface area contributed by atoms with Crippen molar-refractivity contribution < 1.29 is 8.42 Å². The first-order valence-corrected chi connectivity index (χ1v) is 7.27. The van der Waals surface area contributed by atoms with E-state index in [1.165, 1.54) is 4.79 Å². The second-order valence-corrected chi connectivity index (χ2v) is 5.87. The maximum atomic E-state index is 11.3. The minimum absolute atomic E-state index is 0.763. The van der Waals surface area contributed by atoms with Crippen molar-refractivity contribution in [1.82, 2.24) is 9.89 Å². The van der Waals surface area contributed by atoms with Gasteiger partial charge in [-0.05, 0) is 5.39 Å². The molecule has 92 valence electrons. The highest BCUT2D eigenvalue weighted by atomic mass is 32.2. The molecular weight excluding hydrogens is 250 g/mol. The van der Waals surface area contributed by atoms with Crippen molar-refractivity contribution in [2.45, 2.75) is 0 Å². The topological polar surface area (TPSA) is 64.0 Å². The third kappa shape index (κ3) is 1.80. The van der Waals surface area contributed by atoms with E-state index in [-0.39, 0.29) is 0 Å². The smallest absolute Gasteiger partial charge is 0.206 e. The number of fused-ring (bicyclic) bond motifs is 3. The fourth-order valence-corrected chi connectivity index (χ4v) is 2.47. The Morgan fingerprint density at radius 2 is 1.83 bits per heavy atom. The lowest BCUT2D eigenvalue weighted by atomic mass is 10.1. The van der Waals surface area contributed by atoms with Gasteiger partial charge in [0, 0.05) is 10.8 Å². The molecule has 0 spiro atoms. The van der Waals surface area contributed by atoms with Crippen molar-refractivity contribution in [3.05, 3.63) is 42.6 Å². The van der Waals surface area contributed by atoms with Crippen LogP contribution in [0.2, 0.25) is 0 Å². The lowest BCUT2D eigenvalue weighted by Gasteiger charge is -2.06. The summed E-state index contributed by atoms with van der Waals surface area (Å²) in [7, 11) is -3.36. The molecule has 0 fully saturated rings. The number of aromatic nitrogens is 2. The van der Waals surface area contributed by atoms with Crippen LogP contribution < -0.4 is 4.83 Å². The second kappa shape index (κ2) is 3.71. The highest BCUT2D eigenvalue weighted by Gasteiger charge is 2.09. The molecule has 1 N–H and O–H groups in total. The quantitative estimate of drug-likeness (QED) is 0.763. The van der Waals surface area contributed by atoms with E-state index in [1.807, 2.05) is 36.4 Å². The van der Waals surface area contributed by atoms with Crippen LogP contribution in [0.3, 0.4) is 0 Å². The highest BCUT2D eigenvalue weighted by Crippen LogP contribution is 2.24. The fourth-order valence-electron chi connectivity index (χ4n) is 2.02. The monoisotopic (exact) mass is 261 g/mol. The van der Waals surface area contributed by atoms with E-state index < -0.39 is 10.0 Å². The van der Waals surface area contributed by atoms with E-state index in [0.29, 0.717) is 0 Å². The molecule has 0 saturated carbocycles. The van der Waals surface area contributed by atoms with Crippen LogP contribution in [0.5, 0.6) is 0 Å². The molecular formula is C12H11N3O2S. The number of rotatable bonds is 2. The minimum atomic E-state index is -3.36. The van der Waals surface area contributed by atoms with Gasteiger partial charge in [0.05, 0.1) is 12.5 Å². The number of nitrogens with zero attached hydrogens (tertiary/aromatic N) is 2. The summed E-state index contributed by atoms with van der Waals surface area (Å²) in [5.74, 6) is 0. The van der Waals surface area contributed by atoms with Gasteiger partial charge < -0.3 is 0 Å². The summed E-state index contributed by atoms with van der Waals surface area (Å²) in [5.41, 5.74) is 0.763. The number of sulfonamides is 1. The zero-order valence-corrected chi connectivity index (χ0v) is 10.5. The Morgan fingerprint density at radius 3 is 2.61 bits per heavy atom. The third-order valence-electron chi connectivity index (χ3n) is 2.71. The SMILES string of the molecule is CS(=O)(=O)Nn1ncc2ccc3ccccc3c21. The maximum absolute atomic E-state index is 11.3. The Bertz CT molecular complexity index is 837. The van der Waals surface area contributed by atoms with Gasteiger partial charge in [-0.2, -0.15) is 9.89 Å². The van der Waals surface area contributed by atoms with Crippen LogP contribution in [-0.4, -0.2) is 24.6 Å². The summed E-state index contributed by atoms with van der Waals surface area (Å²) in [6.07, 6.45) is 2.74. The number of hydrogen-bond donors (Lipinski definition) is 1. The molecule has 0 amide bonds. The summed E-state index contributed by atoms with van der Waals surface area (Å²) >= 11 is 0. The predicted octanol–water partition coefficient (Wildman–Crippen LogP) is 1.69. The van der Waals surface area contributed by atoms with E-state index in [2.05, 4.69) is 9.93 Å². The second-order valence-electron chi connectivity index (χ2n) is 4.14. The van der Waals surface area contributed by atoms with Crippen molar-refractivity contribution >= 4 is 31.7 Å². The molecule has 1 aromatic heterocycles. The fraction of sp³-hybridized carbons (Fsp3) is 0.0833. The van der Waals surface area contributed by atoms with Crippen molar-refractivity contribution in [3.63, 3.8) is 0 Å². The van der Waals surface area contributed by atoms with Crippen LogP contribution >= 0.6 is 0 Å². The standard InChI is InChI=1S/C12H11N3O2S/c1-18(16,17)14-15-12-10(8-13-15)7-6-9-4-2-3-5-11(9)12/h2-8,14H,1H3. The van der Waals surface area contributed by atoms with Gasteiger partial charge in [-0.3, -0.25) is 0 Å². The Balaban J connectivity index is 2.37. The Morgan fingerprint density at radius 1 is 1.11 bits per heavy atom. The number of benzene rings is 2. The molecule has 6 heteroatoms. The normalized spacial score (nSPS) is 12.1. The molecule has 2 aromatic carbocycles. The first-order chi connectivity index (χ1) is 8.54. The van der Waals surface area contributed by atoms with Gasteiger partial charge in [0.1, 0.15) is 5.52 Å². The summed E-state index contributed by atoms with van der Waals surface area (Å²) in [6.45, 7) is 0. The van der Waals surface area contributed by atoms with Crippen LogP contribution in [-0.2, 0) is 10.0 Å². The maximum Gasteiger partial charge on any atom is 0.244 e. The predicted molar refractivity (Wildman–Crippen MR) is 71.4 cm³/mol. The minimum Gasteiger partial charge on any atom is -0.206 e. The van der Waals surface area contributed by atoms with E-state index in [9.17, 15) is 8.42 Å². The van der Waals surface area contributed by atoms with Crippen LogP contribution in [0.15, 0.2) is 42.6 Å². The molecule has 0 atom stereocenters. The van der Waals surface area contributed by atoms with Crippen LogP contribution in [0, 0.1) is 0 Å². The van der Waals surface area contributed by atoms with Crippen molar-refractivity contribution in [3.8, 4) is 0 Å². The summed E-state index contributed by atoms with van der Waals surface area (Å²) in [5, 5.41) is 6.96. The lowest BCUT2D eigenvalue weighted by molar-refractivity contribution is 0.599. The first-order valence-electron chi connectivity index (χ1n) is 5.38. The molecule has 0 bridgehead atoms. The average molecular weight is 261 g/mol. The van der Waals surface area contributed by atoms with Crippen LogP contribution in [0.1, 0.15) is 0 Å². The van der Waals surface area contributed by atoms with E-state index in [4.69, 9.17) is 0 Å². The number of hydrogen-bond acceptors (Lipinski definition) is 3. The highest BCUT2D eigenvalue weighted by molar-refractivity contribution is 7.91. The van der Waals surface area contributed by atoms with Gasteiger partial charge >= 0.3 is 0 Å². The van der Waals surface area contributed by atoms with Gasteiger partial charge in [0.25, 0.3) is 0 Å². The zero-order chi connectivity index (χ0) is 12.8. The molecule has 0 radical (unpaired) electrons. The zero-order valence-electron chi connectivity index (χ0n) is 9.66. The summed E-state index contributed by atoms with van der Waals surface area (Å²) in [6, 6.07) is 11.7. The van der Waals surface area contributed by atoms with Crippen molar-refractivity contribution in [2.24, 2.45) is 0 Å². The number of nitrogens with one attached hydrogen (secondary N) is 1. The molecule has 5 nitrogen and oxygen atoms in total. The van der Waals surface area contributed by atoms with Crippen LogP contribution in [0.4, 0.5) is 0 Å². The first kappa shape index (κ1) is 11.0. The molecule has 0 unspecified atom stereocenters. The van der Waals surface area contributed by atoms with Gasteiger partial charge in [-0.15, -0.1) is 0 Å². The third-order valence-corrected chi connectivity index (χ3v) is 3.21. The van der Waals surface area contributed by atoms with Crippen molar-refractivity contribution in [1.29, 1.82) is 0 Å². The molecule has 0 aliphatic carbocycles.